The van der Waals surface area contributed by atoms with Crippen LogP contribution in [0.25, 0.3) is 0 Å². The molecule has 0 amide bonds. The Labute approximate surface area is 121 Å². The molecule has 0 bridgehead atoms. The predicted molar refractivity (Wildman–Crippen MR) is 74.8 cm³/mol. The number of carbonyl (C=O) groups is 2. The minimum Gasteiger partial charge on any atom is -0.466 e. The third-order valence-corrected chi connectivity index (χ3v) is 3.01. The number of ether oxygens (including phenoxy) is 2. The molecule has 19 heavy (non-hydrogen) atoms. The first-order chi connectivity index (χ1) is 8.93. The molecular formula is C14H17BrO4. The Hall–Kier alpha value is -1.36. The second-order valence-electron chi connectivity index (χ2n) is 4.55. The summed E-state index contributed by atoms with van der Waals surface area (Å²) in [6.07, 6.45) is -0.421. The molecule has 4 nitrogen and oxygen atoms in total. The van der Waals surface area contributed by atoms with Crippen LogP contribution in [-0.4, -0.2) is 25.2 Å². The van der Waals surface area contributed by atoms with Crippen molar-refractivity contribution in [3.05, 3.63) is 34.3 Å². The fourth-order valence-electron chi connectivity index (χ4n) is 1.54. The summed E-state index contributed by atoms with van der Waals surface area (Å²) in [4.78, 5) is 23.5. The van der Waals surface area contributed by atoms with Gasteiger partial charge < -0.3 is 9.47 Å². The average molecular weight is 329 g/mol. The smallest absolute Gasteiger partial charge is 0.347 e. The van der Waals surface area contributed by atoms with Crippen molar-refractivity contribution in [2.24, 2.45) is 5.92 Å². The van der Waals surface area contributed by atoms with Gasteiger partial charge in [-0.05, 0) is 36.6 Å². The Morgan fingerprint density at radius 2 is 1.79 bits per heavy atom. The molecule has 1 unspecified atom stereocenters. The topological polar surface area (TPSA) is 52.6 Å². The zero-order valence-electron chi connectivity index (χ0n) is 11.2. The summed E-state index contributed by atoms with van der Waals surface area (Å²) in [7, 11) is 1.28. The van der Waals surface area contributed by atoms with Crippen LogP contribution < -0.4 is 0 Å². The largest absolute Gasteiger partial charge is 0.466 e. The Morgan fingerprint density at radius 1 is 1.21 bits per heavy atom. The summed E-state index contributed by atoms with van der Waals surface area (Å²) >= 11 is 3.29. The summed E-state index contributed by atoms with van der Waals surface area (Å²) in [6, 6.07) is 6.75. The van der Waals surface area contributed by atoms with Gasteiger partial charge in [0.2, 0.25) is 0 Å². The summed E-state index contributed by atoms with van der Waals surface area (Å²) in [5.74, 6) is -0.829. The molecule has 1 aromatic carbocycles. The molecule has 0 aromatic heterocycles. The van der Waals surface area contributed by atoms with Gasteiger partial charge in [-0.1, -0.05) is 29.8 Å². The molecule has 0 aliphatic rings. The number of hydrogen-bond donors (Lipinski definition) is 0. The number of hydrogen-bond acceptors (Lipinski definition) is 4. The Bertz CT molecular complexity index is 439. The number of methoxy groups -OCH3 is 1. The molecule has 0 radical (unpaired) electrons. The van der Waals surface area contributed by atoms with E-state index in [2.05, 4.69) is 20.7 Å². The van der Waals surface area contributed by atoms with Crippen molar-refractivity contribution in [2.45, 2.75) is 26.4 Å². The molecule has 104 valence electrons. The van der Waals surface area contributed by atoms with E-state index in [1.54, 1.807) is 24.3 Å². The van der Waals surface area contributed by atoms with Gasteiger partial charge in [-0.25, -0.2) is 9.59 Å². The van der Waals surface area contributed by atoms with E-state index in [0.717, 1.165) is 4.47 Å². The van der Waals surface area contributed by atoms with Gasteiger partial charge in [0.05, 0.1) is 12.7 Å². The second-order valence-corrected chi connectivity index (χ2v) is 5.47. The third kappa shape index (κ3) is 5.03. The van der Waals surface area contributed by atoms with Gasteiger partial charge in [-0.2, -0.15) is 0 Å². The van der Waals surface area contributed by atoms with Crippen LogP contribution in [0.5, 0.6) is 0 Å². The van der Waals surface area contributed by atoms with E-state index in [1.165, 1.54) is 7.11 Å². The fraction of sp³-hybridized carbons (Fsp3) is 0.429. The summed E-state index contributed by atoms with van der Waals surface area (Å²) in [6.45, 7) is 3.90. The Morgan fingerprint density at radius 3 is 2.26 bits per heavy atom. The molecule has 1 aromatic rings. The molecule has 5 heteroatoms. The van der Waals surface area contributed by atoms with Crippen molar-refractivity contribution < 1.29 is 19.1 Å². The lowest BCUT2D eigenvalue weighted by Crippen LogP contribution is -2.29. The Balaban J connectivity index is 2.75. The standard InChI is InChI=1S/C14H17BrO4/c1-9(2)8-12(14(17)18-3)19-13(16)10-4-6-11(15)7-5-10/h4-7,9,12H,8H2,1-3H3. The van der Waals surface area contributed by atoms with E-state index < -0.39 is 18.0 Å². The SMILES string of the molecule is COC(=O)C(CC(C)C)OC(=O)c1ccc(Br)cc1. The molecule has 0 fully saturated rings. The van der Waals surface area contributed by atoms with Crippen LogP contribution in [0.2, 0.25) is 0 Å². The summed E-state index contributed by atoms with van der Waals surface area (Å²) in [5.41, 5.74) is 0.404. The maximum absolute atomic E-state index is 11.9. The fourth-order valence-corrected chi connectivity index (χ4v) is 1.80. The van der Waals surface area contributed by atoms with E-state index in [1.807, 2.05) is 13.8 Å². The predicted octanol–water partition coefficient (Wildman–Crippen LogP) is 3.19. The van der Waals surface area contributed by atoms with Gasteiger partial charge in [0.25, 0.3) is 0 Å². The monoisotopic (exact) mass is 328 g/mol. The highest BCUT2D eigenvalue weighted by Crippen LogP contribution is 2.15. The highest BCUT2D eigenvalue weighted by Gasteiger charge is 2.25. The molecule has 0 spiro atoms. The van der Waals surface area contributed by atoms with E-state index >= 15 is 0 Å². The molecule has 0 N–H and O–H groups in total. The van der Waals surface area contributed by atoms with Crippen LogP contribution >= 0.6 is 15.9 Å². The zero-order valence-corrected chi connectivity index (χ0v) is 12.8. The number of benzene rings is 1. The number of halogens is 1. The lowest BCUT2D eigenvalue weighted by Gasteiger charge is -2.17. The van der Waals surface area contributed by atoms with Gasteiger partial charge in [-0.15, -0.1) is 0 Å². The number of rotatable bonds is 5. The van der Waals surface area contributed by atoms with Crippen molar-refractivity contribution in [3.8, 4) is 0 Å². The van der Waals surface area contributed by atoms with Crippen LogP contribution in [0.4, 0.5) is 0 Å². The average Bonchev–Trinajstić information content (AvgIpc) is 2.37. The summed E-state index contributed by atoms with van der Waals surface area (Å²) < 4.78 is 10.7. The molecule has 0 aliphatic carbocycles. The molecule has 0 saturated heterocycles. The van der Waals surface area contributed by atoms with Gasteiger partial charge in [0.15, 0.2) is 6.10 Å². The summed E-state index contributed by atoms with van der Waals surface area (Å²) in [5, 5.41) is 0. The number of esters is 2. The van der Waals surface area contributed by atoms with Crippen LogP contribution in [-0.2, 0) is 14.3 Å². The maximum atomic E-state index is 11.9. The quantitative estimate of drug-likeness (QED) is 0.779. The minimum atomic E-state index is -0.860. The molecule has 1 atom stereocenters. The van der Waals surface area contributed by atoms with Crippen LogP contribution in [0.3, 0.4) is 0 Å². The normalized spacial score (nSPS) is 12.1. The zero-order chi connectivity index (χ0) is 14.4. The molecular weight excluding hydrogens is 312 g/mol. The molecule has 0 heterocycles. The van der Waals surface area contributed by atoms with Crippen molar-refractivity contribution in [2.75, 3.05) is 7.11 Å². The highest BCUT2D eigenvalue weighted by molar-refractivity contribution is 9.10. The van der Waals surface area contributed by atoms with E-state index in [-0.39, 0.29) is 5.92 Å². The minimum absolute atomic E-state index is 0.224. The Kier molecular flexibility index (Phi) is 6.02. The van der Waals surface area contributed by atoms with Crippen LogP contribution in [0, 0.1) is 5.92 Å². The van der Waals surface area contributed by atoms with Crippen molar-refractivity contribution in [1.82, 2.24) is 0 Å². The van der Waals surface area contributed by atoms with E-state index in [0.29, 0.717) is 12.0 Å². The van der Waals surface area contributed by atoms with Gasteiger partial charge in [0.1, 0.15) is 0 Å². The first-order valence-corrected chi connectivity index (χ1v) is 6.77. The van der Waals surface area contributed by atoms with Gasteiger partial charge in [-0.3, -0.25) is 0 Å². The van der Waals surface area contributed by atoms with E-state index in [9.17, 15) is 9.59 Å². The first-order valence-electron chi connectivity index (χ1n) is 5.98. The van der Waals surface area contributed by atoms with Crippen molar-refractivity contribution >= 4 is 27.9 Å². The van der Waals surface area contributed by atoms with Crippen LogP contribution in [0.15, 0.2) is 28.7 Å². The van der Waals surface area contributed by atoms with Gasteiger partial charge in [0, 0.05) is 4.47 Å². The third-order valence-electron chi connectivity index (χ3n) is 2.48. The van der Waals surface area contributed by atoms with Crippen LogP contribution in [0.1, 0.15) is 30.6 Å². The van der Waals surface area contributed by atoms with Gasteiger partial charge >= 0.3 is 11.9 Å². The lowest BCUT2D eigenvalue weighted by molar-refractivity contribution is -0.151. The lowest BCUT2D eigenvalue weighted by atomic mass is 10.1. The number of carbonyl (C=O) groups excluding carboxylic acids is 2. The van der Waals surface area contributed by atoms with Crippen molar-refractivity contribution in [1.29, 1.82) is 0 Å². The van der Waals surface area contributed by atoms with E-state index in [4.69, 9.17) is 4.74 Å². The maximum Gasteiger partial charge on any atom is 0.347 e. The molecule has 1 rings (SSSR count). The molecule has 0 aliphatic heterocycles. The first kappa shape index (κ1) is 15.7. The highest BCUT2D eigenvalue weighted by atomic mass is 79.9. The second kappa shape index (κ2) is 7.28. The van der Waals surface area contributed by atoms with Crippen molar-refractivity contribution in [3.63, 3.8) is 0 Å². The molecule has 0 saturated carbocycles.